The van der Waals surface area contributed by atoms with E-state index >= 15 is 0 Å². The quantitative estimate of drug-likeness (QED) is 0.238. The number of nitro groups is 1. The summed E-state index contributed by atoms with van der Waals surface area (Å²) in [5, 5.41) is 8.64. The van der Waals surface area contributed by atoms with Crippen molar-refractivity contribution in [2.75, 3.05) is 0 Å². The van der Waals surface area contributed by atoms with E-state index < -0.39 is 52.8 Å². The second kappa shape index (κ2) is 8.80. The average Bonchev–Trinajstić information content (AvgIpc) is 2.71. The molecular weight excluding hydrogens is 457 g/mol. The zero-order valence-corrected chi connectivity index (χ0v) is 17.5. The maximum Gasteiger partial charge on any atom is 0.423 e. The summed E-state index contributed by atoms with van der Waals surface area (Å²) in [6, 6.07) is 6.00. The predicted molar refractivity (Wildman–Crippen MR) is 105 cm³/mol. The van der Waals surface area contributed by atoms with Crippen molar-refractivity contribution in [1.29, 1.82) is 0 Å². The van der Waals surface area contributed by atoms with Gasteiger partial charge in [0.05, 0.1) is 4.92 Å². The maximum atomic E-state index is 13.5. The highest BCUT2D eigenvalue weighted by atomic mass is 31.2. The van der Waals surface area contributed by atoms with E-state index in [0.717, 1.165) is 36.8 Å². The molecule has 0 saturated heterocycles. The second-order valence-corrected chi connectivity index (χ2v) is 9.37. The summed E-state index contributed by atoms with van der Waals surface area (Å²) in [4.78, 5) is 30.6. The molecule has 0 aromatic heterocycles. The lowest BCUT2D eigenvalue weighted by molar-refractivity contribution is -0.388. The minimum Gasteiger partial charge on any atom is -0.469 e. The molecule has 3 rings (SSSR count). The van der Waals surface area contributed by atoms with Gasteiger partial charge in [0.2, 0.25) is 5.34 Å². The second-order valence-electron chi connectivity index (χ2n) is 7.62. The molecule has 0 bridgehead atoms. The number of nitro benzene ring substituents is 1. The van der Waals surface area contributed by atoms with Gasteiger partial charge in [-0.15, -0.1) is 0 Å². The van der Waals surface area contributed by atoms with Crippen molar-refractivity contribution in [3.63, 3.8) is 0 Å². The number of rotatable bonds is 6. The van der Waals surface area contributed by atoms with E-state index in [-0.39, 0.29) is 5.56 Å². The van der Waals surface area contributed by atoms with Crippen LogP contribution >= 0.6 is 7.60 Å². The van der Waals surface area contributed by atoms with Gasteiger partial charge in [-0.05, 0) is 37.1 Å². The van der Waals surface area contributed by atoms with Crippen LogP contribution in [0.5, 0.6) is 5.75 Å². The Bertz CT molecular complexity index is 1030. The van der Waals surface area contributed by atoms with Crippen LogP contribution in [0.3, 0.4) is 0 Å². The molecule has 1 fully saturated rings. The molecular formula is C20H20F4NO6P. The Hall–Kier alpha value is -2.49. The number of halogens is 4. The Morgan fingerprint density at radius 1 is 1.03 bits per heavy atom. The molecule has 2 aromatic carbocycles. The van der Waals surface area contributed by atoms with Crippen LogP contribution in [0.1, 0.15) is 43.2 Å². The van der Waals surface area contributed by atoms with E-state index in [4.69, 9.17) is 4.74 Å². The maximum absolute atomic E-state index is 13.5. The SMILES string of the molecule is O=[N+]([O-])c1ccc(OC(c2ccc(F)cc2)(C2CCCCC2)P(=O)(O)O)cc1C(F)(F)F. The van der Waals surface area contributed by atoms with E-state index in [9.17, 15) is 42.0 Å². The Morgan fingerprint density at radius 3 is 2.12 bits per heavy atom. The fourth-order valence-electron chi connectivity index (χ4n) is 4.17. The molecule has 1 saturated carbocycles. The van der Waals surface area contributed by atoms with Crippen LogP contribution in [0.25, 0.3) is 0 Å². The summed E-state index contributed by atoms with van der Waals surface area (Å²) in [5.41, 5.74) is -2.92. The van der Waals surface area contributed by atoms with Crippen LogP contribution in [0.2, 0.25) is 0 Å². The Balaban J connectivity index is 2.21. The number of hydrogen-bond donors (Lipinski definition) is 2. The molecule has 0 aliphatic heterocycles. The summed E-state index contributed by atoms with van der Waals surface area (Å²) < 4.78 is 72.3. The summed E-state index contributed by atoms with van der Waals surface area (Å²) >= 11 is 0. The van der Waals surface area contributed by atoms with Crippen molar-refractivity contribution in [3.8, 4) is 5.75 Å². The minimum absolute atomic E-state index is 0.0916. The van der Waals surface area contributed by atoms with Crippen molar-refractivity contribution >= 4 is 13.3 Å². The Kier molecular flexibility index (Phi) is 6.65. The Morgan fingerprint density at radius 2 is 1.62 bits per heavy atom. The lowest BCUT2D eigenvalue weighted by atomic mass is 9.82. The molecule has 2 N–H and O–H groups in total. The first-order valence-electron chi connectivity index (χ1n) is 9.72. The molecule has 0 radical (unpaired) electrons. The van der Waals surface area contributed by atoms with Crippen LogP contribution in [0, 0.1) is 21.8 Å². The third-order valence-electron chi connectivity index (χ3n) is 5.59. The van der Waals surface area contributed by atoms with Crippen LogP contribution in [-0.4, -0.2) is 14.7 Å². The molecule has 12 heteroatoms. The van der Waals surface area contributed by atoms with Crippen LogP contribution < -0.4 is 4.74 Å². The van der Waals surface area contributed by atoms with Crippen molar-refractivity contribution in [2.24, 2.45) is 5.92 Å². The molecule has 0 spiro atoms. The fraction of sp³-hybridized carbons (Fsp3) is 0.400. The predicted octanol–water partition coefficient (Wildman–Crippen LogP) is 5.74. The third-order valence-corrected chi connectivity index (χ3v) is 7.17. The van der Waals surface area contributed by atoms with Crippen LogP contribution in [0.15, 0.2) is 42.5 Å². The van der Waals surface area contributed by atoms with Gasteiger partial charge in [0.1, 0.15) is 17.1 Å². The number of alkyl halides is 3. The molecule has 1 atom stereocenters. The van der Waals surface area contributed by atoms with Gasteiger partial charge in [0.25, 0.3) is 5.69 Å². The largest absolute Gasteiger partial charge is 0.469 e. The summed E-state index contributed by atoms with van der Waals surface area (Å²) in [6.07, 6.45) is -2.42. The molecule has 1 aliphatic rings. The van der Waals surface area contributed by atoms with Gasteiger partial charge in [-0.2, -0.15) is 13.2 Å². The molecule has 32 heavy (non-hydrogen) atoms. The highest BCUT2D eigenvalue weighted by Crippen LogP contribution is 2.64. The van der Waals surface area contributed by atoms with E-state index in [2.05, 4.69) is 0 Å². The zero-order chi connectivity index (χ0) is 23.7. The van der Waals surface area contributed by atoms with E-state index in [1.165, 1.54) is 0 Å². The topological polar surface area (TPSA) is 110 Å². The summed E-state index contributed by atoms with van der Waals surface area (Å²) in [7, 11) is -5.22. The van der Waals surface area contributed by atoms with Crippen molar-refractivity contribution in [2.45, 2.75) is 43.6 Å². The molecule has 2 aromatic rings. The van der Waals surface area contributed by atoms with Crippen molar-refractivity contribution in [3.05, 3.63) is 69.5 Å². The van der Waals surface area contributed by atoms with Crippen molar-refractivity contribution < 1.29 is 41.6 Å². The van der Waals surface area contributed by atoms with Gasteiger partial charge in [0.15, 0.2) is 0 Å². The first-order chi connectivity index (χ1) is 14.9. The smallest absolute Gasteiger partial charge is 0.423 e. The van der Waals surface area contributed by atoms with Gasteiger partial charge in [-0.25, -0.2) is 4.39 Å². The first kappa shape index (κ1) is 24.2. The molecule has 174 valence electrons. The molecule has 0 heterocycles. The van der Waals surface area contributed by atoms with Gasteiger partial charge >= 0.3 is 13.8 Å². The number of nitrogens with zero attached hydrogens (tertiary/aromatic N) is 1. The highest BCUT2D eigenvalue weighted by molar-refractivity contribution is 7.53. The third kappa shape index (κ3) is 4.65. The Labute approximate surface area is 180 Å². The number of hydrogen-bond acceptors (Lipinski definition) is 4. The van der Waals surface area contributed by atoms with Gasteiger partial charge in [0, 0.05) is 17.5 Å². The molecule has 1 unspecified atom stereocenters. The molecule has 0 amide bonds. The van der Waals surface area contributed by atoms with Gasteiger partial charge in [-0.3, -0.25) is 14.7 Å². The normalized spacial score (nSPS) is 17.6. The van der Waals surface area contributed by atoms with E-state index in [0.29, 0.717) is 37.8 Å². The molecule has 1 aliphatic carbocycles. The lowest BCUT2D eigenvalue weighted by Crippen LogP contribution is -2.42. The van der Waals surface area contributed by atoms with Crippen LogP contribution in [-0.2, 0) is 16.1 Å². The standard InChI is InChI=1S/C20H20F4NO6P/c21-15-8-6-14(7-9-15)19(32(28,29)30,13-4-2-1-3-5-13)31-16-10-11-18(25(26)27)17(12-16)20(22,23)24/h6-13H,1-5H2,(H2,28,29,30). The first-order valence-corrected chi connectivity index (χ1v) is 11.3. The van der Waals surface area contributed by atoms with Gasteiger partial charge in [-0.1, -0.05) is 31.4 Å². The van der Waals surface area contributed by atoms with Gasteiger partial charge < -0.3 is 14.5 Å². The van der Waals surface area contributed by atoms with E-state index in [1.807, 2.05) is 0 Å². The number of benzene rings is 2. The van der Waals surface area contributed by atoms with E-state index in [1.54, 1.807) is 0 Å². The molecule has 7 nitrogen and oxygen atoms in total. The highest BCUT2D eigenvalue weighted by Gasteiger charge is 2.57. The summed E-state index contributed by atoms with van der Waals surface area (Å²) in [6.45, 7) is 0. The lowest BCUT2D eigenvalue weighted by Gasteiger charge is -2.43. The van der Waals surface area contributed by atoms with Crippen molar-refractivity contribution in [1.82, 2.24) is 0 Å². The zero-order valence-electron chi connectivity index (χ0n) is 16.6. The monoisotopic (exact) mass is 477 g/mol. The van der Waals surface area contributed by atoms with Crippen LogP contribution in [0.4, 0.5) is 23.2 Å². The minimum atomic E-state index is -5.22. The summed E-state index contributed by atoms with van der Waals surface area (Å²) in [5.74, 6) is -2.06. The number of ether oxygens (including phenoxy) is 1. The fourth-order valence-corrected chi connectivity index (χ4v) is 5.61. The average molecular weight is 477 g/mol.